The first-order chi connectivity index (χ1) is 13.5. The standard InChI is InChI=1S/C22H25NO5/c1-4-14-27-19-11-10-18(15-20(19)26-3)22(25)28-16(2)21(24)23-13-12-17-8-6-5-7-9-17/h4-11,15-16H,1,12-14H2,2-3H3,(H,23,24). The molecule has 0 heterocycles. The van der Waals surface area contributed by atoms with E-state index < -0.39 is 12.1 Å². The van der Waals surface area contributed by atoms with Gasteiger partial charge in [-0.3, -0.25) is 4.79 Å². The van der Waals surface area contributed by atoms with Gasteiger partial charge in [0.15, 0.2) is 17.6 Å². The van der Waals surface area contributed by atoms with E-state index in [9.17, 15) is 9.59 Å². The smallest absolute Gasteiger partial charge is 0.339 e. The maximum absolute atomic E-state index is 12.3. The van der Waals surface area contributed by atoms with Crippen molar-refractivity contribution in [1.82, 2.24) is 5.32 Å². The van der Waals surface area contributed by atoms with E-state index in [0.29, 0.717) is 31.1 Å². The van der Waals surface area contributed by atoms with E-state index in [0.717, 1.165) is 5.56 Å². The largest absolute Gasteiger partial charge is 0.493 e. The lowest BCUT2D eigenvalue weighted by atomic mass is 10.1. The van der Waals surface area contributed by atoms with Gasteiger partial charge in [0.2, 0.25) is 0 Å². The molecule has 0 saturated heterocycles. The Hall–Kier alpha value is -3.28. The van der Waals surface area contributed by atoms with Gasteiger partial charge in [0.1, 0.15) is 6.61 Å². The molecule has 0 radical (unpaired) electrons. The van der Waals surface area contributed by atoms with E-state index in [1.807, 2.05) is 30.3 Å². The highest BCUT2D eigenvalue weighted by Gasteiger charge is 2.20. The maximum Gasteiger partial charge on any atom is 0.339 e. The summed E-state index contributed by atoms with van der Waals surface area (Å²) < 4.78 is 15.9. The number of hydrogen-bond donors (Lipinski definition) is 1. The van der Waals surface area contributed by atoms with Gasteiger partial charge in [-0.15, -0.1) is 0 Å². The molecule has 28 heavy (non-hydrogen) atoms. The Morgan fingerprint density at radius 2 is 1.89 bits per heavy atom. The minimum Gasteiger partial charge on any atom is -0.493 e. The van der Waals surface area contributed by atoms with Crippen molar-refractivity contribution in [2.75, 3.05) is 20.3 Å². The van der Waals surface area contributed by atoms with E-state index >= 15 is 0 Å². The predicted molar refractivity (Wildman–Crippen MR) is 107 cm³/mol. The third-order valence-corrected chi connectivity index (χ3v) is 3.96. The summed E-state index contributed by atoms with van der Waals surface area (Å²) in [5.74, 6) is -0.0663. The molecule has 1 N–H and O–H groups in total. The number of hydrogen-bond acceptors (Lipinski definition) is 5. The molecule has 0 aliphatic carbocycles. The second kappa shape index (κ2) is 10.8. The van der Waals surface area contributed by atoms with E-state index in [4.69, 9.17) is 14.2 Å². The summed E-state index contributed by atoms with van der Waals surface area (Å²) >= 11 is 0. The summed E-state index contributed by atoms with van der Waals surface area (Å²) in [6, 6.07) is 14.5. The van der Waals surface area contributed by atoms with Crippen LogP contribution >= 0.6 is 0 Å². The molecule has 6 nitrogen and oxygen atoms in total. The maximum atomic E-state index is 12.3. The van der Waals surface area contributed by atoms with Crippen LogP contribution in [0.5, 0.6) is 11.5 Å². The molecule has 0 bridgehead atoms. The number of amides is 1. The molecule has 1 amide bonds. The van der Waals surface area contributed by atoms with Crippen LogP contribution in [0.4, 0.5) is 0 Å². The number of nitrogens with one attached hydrogen (secondary N) is 1. The fourth-order valence-corrected chi connectivity index (χ4v) is 2.46. The zero-order valence-electron chi connectivity index (χ0n) is 16.1. The number of ether oxygens (including phenoxy) is 3. The summed E-state index contributed by atoms with van der Waals surface area (Å²) in [5.41, 5.74) is 1.39. The highest BCUT2D eigenvalue weighted by atomic mass is 16.5. The molecule has 0 saturated carbocycles. The summed E-state index contributed by atoms with van der Waals surface area (Å²) in [6.45, 7) is 5.91. The number of carbonyl (C=O) groups is 2. The van der Waals surface area contributed by atoms with Gasteiger partial charge in [0.25, 0.3) is 5.91 Å². The average molecular weight is 383 g/mol. The predicted octanol–water partition coefficient (Wildman–Crippen LogP) is 3.16. The Kier molecular flexibility index (Phi) is 8.09. The van der Waals surface area contributed by atoms with Crippen LogP contribution in [0.2, 0.25) is 0 Å². The van der Waals surface area contributed by atoms with E-state index in [-0.39, 0.29) is 11.5 Å². The topological polar surface area (TPSA) is 73.9 Å². The van der Waals surface area contributed by atoms with Crippen molar-refractivity contribution in [1.29, 1.82) is 0 Å². The minimum atomic E-state index is -0.911. The van der Waals surface area contributed by atoms with E-state index in [1.54, 1.807) is 18.2 Å². The van der Waals surface area contributed by atoms with Crippen LogP contribution in [0.3, 0.4) is 0 Å². The Balaban J connectivity index is 1.88. The first kappa shape index (κ1) is 21.0. The Labute approximate surface area is 165 Å². The molecule has 6 heteroatoms. The van der Waals surface area contributed by atoms with Crippen LogP contribution < -0.4 is 14.8 Å². The van der Waals surface area contributed by atoms with Gasteiger partial charge >= 0.3 is 5.97 Å². The second-order valence-electron chi connectivity index (χ2n) is 6.04. The molecular formula is C22H25NO5. The van der Waals surface area contributed by atoms with Crippen molar-refractivity contribution in [2.24, 2.45) is 0 Å². The van der Waals surface area contributed by atoms with Crippen molar-refractivity contribution in [3.05, 3.63) is 72.3 Å². The van der Waals surface area contributed by atoms with Crippen LogP contribution in [0, 0.1) is 0 Å². The minimum absolute atomic E-state index is 0.270. The van der Waals surface area contributed by atoms with E-state index in [2.05, 4.69) is 11.9 Å². The summed E-state index contributed by atoms with van der Waals surface area (Å²) in [7, 11) is 1.48. The quantitative estimate of drug-likeness (QED) is 0.504. The molecule has 1 atom stereocenters. The first-order valence-electron chi connectivity index (χ1n) is 8.99. The highest BCUT2D eigenvalue weighted by molar-refractivity contribution is 5.92. The molecule has 2 rings (SSSR count). The molecular weight excluding hydrogens is 358 g/mol. The van der Waals surface area contributed by atoms with Gasteiger partial charge in [-0.1, -0.05) is 43.0 Å². The lowest BCUT2D eigenvalue weighted by Gasteiger charge is -2.15. The van der Waals surface area contributed by atoms with Crippen LogP contribution in [-0.2, 0) is 16.0 Å². The van der Waals surface area contributed by atoms with Gasteiger partial charge in [0, 0.05) is 6.54 Å². The van der Waals surface area contributed by atoms with E-state index in [1.165, 1.54) is 20.1 Å². The molecule has 1 unspecified atom stereocenters. The molecule has 0 aliphatic rings. The number of esters is 1. The zero-order valence-corrected chi connectivity index (χ0v) is 16.1. The Morgan fingerprint density at radius 3 is 2.57 bits per heavy atom. The number of rotatable bonds is 10. The molecule has 2 aromatic rings. The molecule has 0 spiro atoms. The van der Waals surface area contributed by atoms with Crippen LogP contribution in [0.15, 0.2) is 61.2 Å². The Morgan fingerprint density at radius 1 is 1.14 bits per heavy atom. The summed E-state index contributed by atoms with van der Waals surface area (Å²) in [6.07, 6.45) is 1.40. The zero-order chi connectivity index (χ0) is 20.4. The van der Waals surface area contributed by atoms with Crippen molar-refractivity contribution in [3.8, 4) is 11.5 Å². The first-order valence-corrected chi connectivity index (χ1v) is 8.99. The fraction of sp³-hybridized carbons (Fsp3) is 0.273. The second-order valence-corrected chi connectivity index (χ2v) is 6.04. The van der Waals surface area contributed by atoms with Crippen LogP contribution in [0.1, 0.15) is 22.8 Å². The van der Waals surface area contributed by atoms with Gasteiger partial charge in [0.05, 0.1) is 12.7 Å². The molecule has 148 valence electrons. The lowest BCUT2D eigenvalue weighted by Crippen LogP contribution is -2.36. The average Bonchev–Trinajstić information content (AvgIpc) is 2.72. The summed E-state index contributed by atoms with van der Waals surface area (Å²) in [4.78, 5) is 24.5. The molecule has 0 fully saturated rings. The van der Waals surface area contributed by atoms with Crippen molar-refractivity contribution < 1.29 is 23.8 Å². The van der Waals surface area contributed by atoms with Gasteiger partial charge in [-0.25, -0.2) is 4.79 Å². The molecule has 2 aromatic carbocycles. The third kappa shape index (κ3) is 6.16. The van der Waals surface area contributed by atoms with Crippen molar-refractivity contribution in [3.63, 3.8) is 0 Å². The number of benzene rings is 2. The lowest BCUT2D eigenvalue weighted by molar-refractivity contribution is -0.129. The number of methoxy groups -OCH3 is 1. The monoisotopic (exact) mass is 383 g/mol. The highest BCUT2D eigenvalue weighted by Crippen LogP contribution is 2.28. The van der Waals surface area contributed by atoms with Crippen LogP contribution in [-0.4, -0.2) is 38.2 Å². The molecule has 0 aliphatic heterocycles. The van der Waals surface area contributed by atoms with Crippen molar-refractivity contribution in [2.45, 2.75) is 19.4 Å². The van der Waals surface area contributed by atoms with Gasteiger partial charge in [-0.2, -0.15) is 0 Å². The van der Waals surface area contributed by atoms with Gasteiger partial charge in [-0.05, 0) is 37.1 Å². The fourth-order valence-electron chi connectivity index (χ4n) is 2.46. The summed E-state index contributed by atoms with van der Waals surface area (Å²) in [5, 5.41) is 2.77. The third-order valence-electron chi connectivity index (χ3n) is 3.96. The molecule has 0 aromatic heterocycles. The Bertz CT molecular complexity index is 804. The normalized spacial score (nSPS) is 11.2. The number of carbonyl (C=O) groups excluding carboxylic acids is 2. The van der Waals surface area contributed by atoms with Crippen molar-refractivity contribution >= 4 is 11.9 Å². The van der Waals surface area contributed by atoms with Gasteiger partial charge < -0.3 is 19.5 Å². The van der Waals surface area contributed by atoms with Crippen LogP contribution in [0.25, 0.3) is 0 Å². The SMILES string of the molecule is C=CCOc1ccc(C(=O)OC(C)C(=O)NCCc2ccccc2)cc1OC.